The van der Waals surface area contributed by atoms with Crippen molar-refractivity contribution in [3.63, 3.8) is 0 Å². The highest BCUT2D eigenvalue weighted by Gasteiger charge is 2.45. The first-order chi connectivity index (χ1) is 14.1. The van der Waals surface area contributed by atoms with Crippen molar-refractivity contribution in [3.05, 3.63) is 39.6 Å². The van der Waals surface area contributed by atoms with Gasteiger partial charge in [-0.25, -0.2) is 0 Å². The summed E-state index contributed by atoms with van der Waals surface area (Å²) in [5.74, 6) is 0.309. The molecule has 6 nitrogen and oxygen atoms in total. The van der Waals surface area contributed by atoms with E-state index in [9.17, 15) is 18.0 Å². The molecule has 1 aromatic carbocycles. The molecule has 2 saturated heterocycles. The maximum atomic E-state index is 13.0. The third-order valence-electron chi connectivity index (χ3n) is 5.71. The molecule has 11 heteroatoms. The Morgan fingerprint density at radius 3 is 2.57 bits per heavy atom. The smallest absolute Gasteiger partial charge is 0.436 e. The van der Waals surface area contributed by atoms with E-state index in [1.807, 2.05) is 12.1 Å². The van der Waals surface area contributed by atoms with Gasteiger partial charge < -0.3 is 14.5 Å². The Morgan fingerprint density at radius 2 is 2.00 bits per heavy atom. The van der Waals surface area contributed by atoms with Crippen molar-refractivity contribution in [3.8, 4) is 5.75 Å². The number of anilines is 1. The standard InChI is InChI=1S/C19H19Cl2F3N4O2/c1-10-17(21)18(19(22,23)24)25-28(10)9-16(29)27-8-12-5-13(27)7-26(12)11-3-4-14(20)15(6-11)30-2/h3-4,6,12-13H,5,7-9H2,1-2H3. The van der Waals surface area contributed by atoms with Gasteiger partial charge in [0.2, 0.25) is 5.91 Å². The van der Waals surface area contributed by atoms with Gasteiger partial charge >= 0.3 is 6.18 Å². The first kappa shape index (κ1) is 21.1. The number of benzene rings is 1. The lowest BCUT2D eigenvalue weighted by Gasteiger charge is -2.35. The van der Waals surface area contributed by atoms with E-state index in [1.165, 1.54) is 6.92 Å². The molecule has 1 amide bonds. The number of piperazine rings is 1. The number of likely N-dealkylation sites (tertiary alicyclic amines) is 1. The minimum Gasteiger partial charge on any atom is -0.495 e. The molecule has 0 spiro atoms. The molecule has 0 radical (unpaired) electrons. The number of ether oxygens (including phenoxy) is 1. The van der Waals surface area contributed by atoms with Crippen molar-refractivity contribution < 1.29 is 22.7 Å². The predicted molar refractivity (Wildman–Crippen MR) is 106 cm³/mol. The van der Waals surface area contributed by atoms with Crippen LogP contribution in [0.15, 0.2) is 18.2 Å². The number of hydrogen-bond acceptors (Lipinski definition) is 4. The number of carbonyl (C=O) groups is 1. The second kappa shape index (κ2) is 7.53. The van der Waals surface area contributed by atoms with Crippen LogP contribution >= 0.6 is 23.2 Å². The van der Waals surface area contributed by atoms with Crippen LogP contribution in [-0.4, -0.2) is 52.9 Å². The molecule has 0 saturated carbocycles. The second-order valence-electron chi connectivity index (χ2n) is 7.46. The first-order valence-electron chi connectivity index (χ1n) is 9.30. The van der Waals surface area contributed by atoms with Gasteiger partial charge in [0.25, 0.3) is 0 Å². The van der Waals surface area contributed by atoms with Crippen LogP contribution in [0, 0.1) is 6.92 Å². The van der Waals surface area contributed by atoms with E-state index < -0.39 is 16.9 Å². The zero-order valence-corrected chi connectivity index (χ0v) is 17.7. The number of halogens is 5. The van der Waals surface area contributed by atoms with Gasteiger partial charge in [0.15, 0.2) is 5.69 Å². The molecule has 2 bridgehead atoms. The Labute approximate surface area is 181 Å². The molecule has 2 fully saturated rings. The lowest BCUT2D eigenvalue weighted by molar-refractivity contribution is -0.142. The molecule has 0 aliphatic carbocycles. The van der Waals surface area contributed by atoms with Gasteiger partial charge in [0.05, 0.1) is 28.9 Å². The van der Waals surface area contributed by atoms with Gasteiger partial charge in [-0.15, -0.1) is 0 Å². The topological polar surface area (TPSA) is 50.6 Å². The van der Waals surface area contributed by atoms with Gasteiger partial charge in [-0.05, 0) is 25.5 Å². The maximum Gasteiger partial charge on any atom is 0.436 e. The highest BCUT2D eigenvalue weighted by molar-refractivity contribution is 6.32. The van der Waals surface area contributed by atoms with Gasteiger partial charge in [-0.3, -0.25) is 9.48 Å². The number of hydrogen-bond donors (Lipinski definition) is 0. The van der Waals surface area contributed by atoms with Crippen molar-refractivity contribution >= 4 is 34.8 Å². The lowest BCUT2D eigenvalue weighted by atomic mass is 10.2. The summed E-state index contributed by atoms with van der Waals surface area (Å²) >= 11 is 11.9. The Balaban J connectivity index is 1.46. The van der Waals surface area contributed by atoms with Crippen molar-refractivity contribution in [1.29, 1.82) is 0 Å². The number of rotatable bonds is 4. The summed E-state index contributed by atoms with van der Waals surface area (Å²) < 4.78 is 45.3. The molecule has 3 heterocycles. The quantitative estimate of drug-likeness (QED) is 0.688. The van der Waals surface area contributed by atoms with Crippen LogP contribution in [0.5, 0.6) is 5.75 Å². The van der Waals surface area contributed by atoms with E-state index in [0.717, 1.165) is 16.8 Å². The number of aromatic nitrogens is 2. The summed E-state index contributed by atoms with van der Waals surface area (Å²) in [6.07, 6.45) is -3.87. The highest BCUT2D eigenvalue weighted by Crippen LogP contribution is 2.38. The Bertz CT molecular complexity index is 995. The molecule has 2 unspecified atom stereocenters. The van der Waals surface area contributed by atoms with Crippen LogP contribution in [0.1, 0.15) is 17.8 Å². The van der Waals surface area contributed by atoms with E-state index in [-0.39, 0.29) is 30.2 Å². The van der Waals surface area contributed by atoms with E-state index in [1.54, 1.807) is 18.1 Å². The highest BCUT2D eigenvalue weighted by atomic mass is 35.5. The molecule has 30 heavy (non-hydrogen) atoms. The predicted octanol–water partition coefficient (Wildman–Crippen LogP) is 4.02. The third-order valence-corrected chi connectivity index (χ3v) is 6.48. The minimum absolute atomic E-state index is 0.0161. The summed E-state index contributed by atoms with van der Waals surface area (Å²) in [6.45, 7) is 2.27. The number of alkyl halides is 3. The normalized spacial score (nSPS) is 20.9. The largest absolute Gasteiger partial charge is 0.495 e. The van der Waals surface area contributed by atoms with Gasteiger partial charge in [-0.2, -0.15) is 18.3 Å². The van der Waals surface area contributed by atoms with Crippen LogP contribution in [0.4, 0.5) is 18.9 Å². The molecule has 2 atom stereocenters. The summed E-state index contributed by atoms with van der Waals surface area (Å²) in [5, 5.41) is 3.57. The fourth-order valence-electron chi connectivity index (χ4n) is 4.19. The van der Waals surface area contributed by atoms with Crippen LogP contribution < -0.4 is 9.64 Å². The molecule has 0 N–H and O–H groups in total. The van der Waals surface area contributed by atoms with E-state index in [0.29, 0.717) is 23.9 Å². The van der Waals surface area contributed by atoms with Gasteiger partial charge in [-0.1, -0.05) is 23.2 Å². The zero-order chi connectivity index (χ0) is 21.8. The fraction of sp³-hybridized carbons (Fsp3) is 0.474. The average molecular weight is 463 g/mol. The lowest BCUT2D eigenvalue weighted by Crippen LogP contribution is -2.49. The molecular weight excluding hydrogens is 444 g/mol. The van der Waals surface area contributed by atoms with E-state index >= 15 is 0 Å². The fourth-order valence-corrected chi connectivity index (χ4v) is 4.63. The van der Waals surface area contributed by atoms with Crippen LogP contribution in [0.2, 0.25) is 10.0 Å². The van der Waals surface area contributed by atoms with Crippen molar-refractivity contribution in [2.45, 2.75) is 38.1 Å². The number of methoxy groups -OCH3 is 1. The molecule has 2 aromatic rings. The van der Waals surface area contributed by atoms with E-state index in [4.69, 9.17) is 27.9 Å². The van der Waals surface area contributed by atoms with Crippen molar-refractivity contribution in [2.24, 2.45) is 0 Å². The first-order valence-corrected chi connectivity index (χ1v) is 10.1. The summed E-state index contributed by atoms with van der Waals surface area (Å²) in [6, 6.07) is 5.65. The molecular formula is C19H19Cl2F3N4O2. The molecule has 162 valence electrons. The van der Waals surface area contributed by atoms with Crippen LogP contribution in [0.3, 0.4) is 0 Å². The summed E-state index contributed by atoms with van der Waals surface area (Å²) in [4.78, 5) is 16.7. The number of nitrogens with zero attached hydrogens (tertiary/aromatic N) is 4. The Hall–Kier alpha value is -2.13. The van der Waals surface area contributed by atoms with E-state index in [2.05, 4.69) is 10.00 Å². The minimum atomic E-state index is -4.66. The van der Waals surface area contributed by atoms with Gasteiger partial charge in [0.1, 0.15) is 12.3 Å². The number of carbonyl (C=O) groups excluding carboxylic acids is 1. The monoisotopic (exact) mass is 462 g/mol. The Kier molecular flexibility index (Phi) is 5.30. The van der Waals surface area contributed by atoms with Crippen molar-refractivity contribution in [1.82, 2.24) is 14.7 Å². The third kappa shape index (κ3) is 3.58. The number of amides is 1. The average Bonchev–Trinajstić information content (AvgIpc) is 3.37. The molecule has 2 aliphatic heterocycles. The van der Waals surface area contributed by atoms with Crippen LogP contribution in [0.25, 0.3) is 0 Å². The molecule has 2 aliphatic rings. The zero-order valence-electron chi connectivity index (χ0n) is 16.2. The molecule has 4 rings (SSSR count). The maximum absolute atomic E-state index is 13.0. The van der Waals surface area contributed by atoms with Gasteiger partial charge in [0, 0.05) is 30.9 Å². The SMILES string of the molecule is COc1cc(N2CC3CC2CN3C(=O)Cn2nc(C(F)(F)F)c(Cl)c2C)ccc1Cl. The Morgan fingerprint density at radius 1 is 1.27 bits per heavy atom. The number of fused-ring (bicyclic) bond motifs is 2. The van der Waals surface area contributed by atoms with Crippen LogP contribution in [-0.2, 0) is 17.5 Å². The molecule has 1 aromatic heterocycles. The summed E-state index contributed by atoms with van der Waals surface area (Å²) in [7, 11) is 1.55. The van der Waals surface area contributed by atoms with Crippen molar-refractivity contribution in [2.75, 3.05) is 25.1 Å². The second-order valence-corrected chi connectivity index (χ2v) is 8.25. The summed E-state index contributed by atoms with van der Waals surface area (Å²) in [5.41, 5.74) is -0.0859.